The Morgan fingerprint density at radius 3 is 2.82 bits per heavy atom. The van der Waals surface area contributed by atoms with E-state index in [2.05, 4.69) is 44.3 Å². The number of fused-ring (bicyclic) bond motifs is 1. The highest BCUT2D eigenvalue weighted by atomic mass is 14.9. The van der Waals surface area contributed by atoms with Crippen molar-refractivity contribution >= 4 is 0 Å². The molecule has 0 aliphatic heterocycles. The second-order valence-electron chi connectivity index (χ2n) is 5.47. The Morgan fingerprint density at radius 1 is 1.29 bits per heavy atom. The summed E-state index contributed by atoms with van der Waals surface area (Å²) in [6, 6.07) is 7.70. The van der Waals surface area contributed by atoms with E-state index in [1.165, 1.54) is 31.2 Å². The molecule has 0 saturated heterocycles. The van der Waals surface area contributed by atoms with Gasteiger partial charge < -0.3 is 5.32 Å². The number of hydrogen-bond donors (Lipinski definition) is 1. The Bertz CT molecular complexity index is 368. The van der Waals surface area contributed by atoms with Gasteiger partial charge in [-0.25, -0.2) is 0 Å². The molecule has 0 spiro atoms. The van der Waals surface area contributed by atoms with E-state index >= 15 is 0 Å². The van der Waals surface area contributed by atoms with Gasteiger partial charge in [-0.2, -0.15) is 0 Å². The molecule has 0 amide bonds. The molecular weight excluding hydrogens is 206 g/mol. The number of rotatable bonds is 3. The normalized spacial score (nSPS) is 20.1. The molecule has 2 rings (SSSR count). The van der Waals surface area contributed by atoms with Gasteiger partial charge in [-0.05, 0) is 48.4 Å². The predicted molar refractivity (Wildman–Crippen MR) is 74.5 cm³/mol. The molecule has 1 aliphatic rings. The van der Waals surface area contributed by atoms with Gasteiger partial charge in [0.05, 0.1) is 0 Å². The summed E-state index contributed by atoms with van der Waals surface area (Å²) in [7, 11) is 0. The predicted octanol–water partition coefficient (Wildman–Crippen LogP) is 4.19. The molecule has 1 aliphatic carbocycles. The lowest BCUT2D eigenvalue weighted by atomic mass is 9.93. The number of benzene rings is 1. The summed E-state index contributed by atoms with van der Waals surface area (Å²) >= 11 is 0. The van der Waals surface area contributed by atoms with Gasteiger partial charge in [-0.3, -0.25) is 0 Å². The van der Waals surface area contributed by atoms with Crippen LogP contribution in [0.4, 0.5) is 0 Å². The fourth-order valence-electron chi connectivity index (χ4n) is 2.80. The molecule has 0 bridgehead atoms. The van der Waals surface area contributed by atoms with E-state index in [9.17, 15) is 0 Å². The minimum absolute atomic E-state index is 0.580. The maximum Gasteiger partial charge on any atom is 0.0322 e. The Morgan fingerprint density at radius 2 is 2.12 bits per heavy atom. The van der Waals surface area contributed by atoms with Crippen molar-refractivity contribution in [2.45, 2.75) is 58.4 Å². The van der Waals surface area contributed by atoms with Crippen molar-refractivity contribution in [3.8, 4) is 0 Å². The molecule has 1 N–H and O–H groups in total. The minimum Gasteiger partial charge on any atom is -0.310 e. The zero-order chi connectivity index (χ0) is 12.3. The molecule has 1 nitrogen and oxygen atoms in total. The molecule has 0 aromatic heterocycles. The molecule has 1 atom stereocenters. The zero-order valence-corrected chi connectivity index (χ0v) is 11.4. The fraction of sp³-hybridized carbons (Fsp3) is 0.625. The molecule has 1 aromatic carbocycles. The van der Waals surface area contributed by atoms with Crippen LogP contribution in [0.25, 0.3) is 0 Å². The Balaban J connectivity index is 2.35. The van der Waals surface area contributed by atoms with Crippen LogP contribution in [0.5, 0.6) is 0 Å². The first kappa shape index (κ1) is 12.6. The van der Waals surface area contributed by atoms with Crippen LogP contribution in [0.3, 0.4) is 0 Å². The third-order valence-electron chi connectivity index (χ3n) is 3.85. The van der Waals surface area contributed by atoms with Crippen LogP contribution >= 0.6 is 0 Å². The first-order valence-electron chi connectivity index (χ1n) is 7.08. The third-order valence-corrected chi connectivity index (χ3v) is 3.85. The highest BCUT2D eigenvalue weighted by Crippen LogP contribution is 2.31. The van der Waals surface area contributed by atoms with Crippen LogP contribution < -0.4 is 5.32 Å². The van der Waals surface area contributed by atoms with Crippen molar-refractivity contribution in [2.75, 3.05) is 6.54 Å². The van der Waals surface area contributed by atoms with Gasteiger partial charge in [0.25, 0.3) is 0 Å². The highest BCUT2D eigenvalue weighted by Gasteiger charge is 2.18. The van der Waals surface area contributed by atoms with Crippen molar-refractivity contribution < 1.29 is 0 Å². The van der Waals surface area contributed by atoms with Crippen LogP contribution in [-0.4, -0.2) is 6.54 Å². The molecule has 1 heteroatoms. The van der Waals surface area contributed by atoms with Crippen LogP contribution in [0.15, 0.2) is 18.2 Å². The quantitative estimate of drug-likeness (QED) is 0.769. The molecule has 1 aromatic rings. The molecule has 0 radical (unpaired) electrons. The zero-order valence-electron chi connectivity index (χ0n) is 11.4. The van der Waals surface area contributed by atoms with Gasteiger partial charge >= 0.3 is 0 Å². The van der Waals surface area contributed by atoms with Crippen LogP contribution in [0.2, 0.25) is 0 Å². The standard InChI is InChI=1S/C16H25N/c1-4-17-16-8-6-5-7-13-9-10-14(12(2)3)11-15(13)16/h9-12,16-17H,4-8H2,1-3H3. The van der Waals surface area contributed by atoms with E-state index in [1.807, 2.05) is 0 Å². The number of nitrogens with one attached hydrogen (secondary N) is 1. The van der Waals surface area contributed by atoms with Crippen LogP contribution in [-0.2, 0) is 6.42 Å². The summed E-state index contributed by atoms with van der Waals surface area (Å²) in [6.45, 7) is 7.83. The molecule has 94 valence electrons. The molecule has 0 saturated carbocycles. The number of hydrogen-bond acceptors (Lipinski definition) is 1. The average Bonchev–Trinajstić information content (AvgIpc) is 2.52. The Labute approximate surface area is 106 Å². The summed E-state index contributed by atoms with van der Waals surface area (Å²) in [5.74, 6) is 0.630. The lowest BCUT2D eigenvalue weighted by Crippen LogP contribution is -2.21. The molecular formula is C16H25N. The Hall–Kier alpha value is -0.820. The lowest BCUT2D eigenvalue weighted by molar-refractivity contribution is 0.503. The SMILES string of the molecule is CCNC1CCCCc2ccc(C(C)C)cc21. The van der Waals surface area contributed by atoms with Crippen molar-refractivity contribution in [1.29, 1.82) is 0 Å². The van der Waals surface area contributed by atoms with E-state index in [0.717, 1.165) is 6.54 Å². The number of aryl methyl sites for hydroxylation is 1. The lowest BCUT2D eigenvalue weighted by Gasteiger charge is -2.20. The summed E-state index contributed by atoms with van der Waals surface area (Å²) < 4.78 is 0. The van der Waals surface area contributed by atoms with E-state index in [1.54, 1.807) is 11.1 Å². The second kappa shape index (κ2) is 5.68. The average molecular weight is 231 g/mol. The second-order valence-corrected chi connectivity index (χ2v) is 5.47. The van der Waals surface area contributed by atoms with Crippen LogP contribution in [0.1, 0.15) is 68.7 Å². The van der Waals surface area contributed by atoms with Crippen molar-refractivity contribution in [1.82, 2.24) is 5.32 Å². The van der Waals surface area contributed by atoms with Gasteiger partial charge in [-0.1, -0.05) is 45.4 Å². The summed E-state index contributed by atoms with van der Waals surface area (Å²) in [5, 5.41) is 3.65. The van der Waals surface area contributed by atoms with Gasteiger partial charge in [-0.15, -0.1) is 0 Å². The summed E-state index contributed by atoms with van der Waals surface area (Å²) in [4.78, 5) is 0. The molecule has 0 fully saturated rings. The van der Waals surface area contributed by atoms with Crippen LogP contribution in [0, 0.1) is 0 Å². The van der Waals surface area contributed by atoms with Gasteiger partial charge in [0.15, 0.2) is 0 Å². The van der Waals surface area contributed by atoms with Crippen molar-refractivity contribution in [3.63, 3.8) is 0 Å². The smallest absolute Gasteiger partial charge is 0.0322 e. The molecule has 17 heavy (non-hydrogen) atoms. The van der Waals surface area contributed by atoms with E-state index in [-0.39, 0.29) is 0 Å². The third kappa shape index (κ3) is 2.90. The first-order chi connectivity index (χ1) is 8.22. The topological polar surface area (TPSA) is 12.0 Å². The molecule has 1 unspecified atom stereocenters. The van der Waals surface area contributed by atoms with Gasteiger partial charge in [0, 0.05) is 6.04 Å². The monoisotopic (exact) mass is 231 g/mol. The van der Waals surface area contributed by atoms with Crippen molar-refractivity contribution in [2.24, 2.45) is 0 Å². The van der Waals surface area contributed by atoms with E-state index < -0.39 is 0 Å². The van der Waals surface area contributed by atoms with E-state index in [0.29, 0.717) is 12.0 Å². The molecule has 0 heterocycles. The largest absolute Gasteiger partial charge is 0.310 e. The first-order valence-corrected chi connectivity index (χ1v) is 7.08. The maximum atomic E-state index is 3.65. The van der Waals surface area contributed by atoms with Gasteiger partial charge in [0.2, 0.25) is 0 Å². The van der Waals surface area contributed by atoms with Crippen molar-refractivity contribution in [3.05, 3.63) is 34.9 Å². The highest BCUT2D eigenvalue weighted by molar-refractivity contribution is 5.36. The summed E-state index contributed by atoms with van der Waals surface area (Å²) in [6.07, 6.45) is 5.25. The fourth-order valence-corrected chi connectivity index (χ4v) is 2.80. The minimum atomic E-state index is 0.580. The van der Waals surface area contributed by atoms with Gasteiger partial charge in [0.1, 0.15) is 0 Å². The summed E-state index contributed by atoms with van der Waals surface area (Å²) in [5.41, 5.74) is 4.61. The maximum absolute atomic E-state index is 3.65. The Kier molecular flexibility index (Phi) is 4.22. The van der Waals surface area contributed by atoms with E-state index in [4.69, 9.17) is 0 Å².